The zero-order valence-electron chi connectivity index (χ0n) is 15.3. The number of urea groups is 1. The molecule has 1 aliphatic heterocycles. The van der Waals surface area contributed by atoms with Crippen LogP contribution in [0.4, 0.5) is 10.5 Å². The van der Waals surface area contributed by atoms with Crippen molar-refractivity contribution in [2.75, 3.05) is 18.4 Å². The Morgan fingerprint density at radius 1 is 1.26 bits per heavy atom. The fraction of sp³-hybridized carbons (Fsp3) is 0.333. The molecule has 3 heterocycles. The molecular weight excluding hydrogens is 358 g/mol. The van der Waals surface area contributed by atoms with E-state index in [9.17, 15) is 9.90 Å². The number of piperidine rings is 1. The second-order valence-corrected chi connectivity index (χ2v) is 8.11. The Labute approximate surface area is 162 Å². The molecule has 1 atom stereocenters. The quantitative estimate of drug-likeness (QED) is 0.698. The van der Waals surface area contributed by atoms with Crippen molar-refractivity contribution in [2.45, 2.75) is 25.9 Å². The number of likely N-dealkylation sites (tertiary alicyclic amines) is 1. The van der Waals surface area contributed by atoms with Crippen molar-refractivity contribution in [1.82, 2.24) is 9.88 Å². The molecule has 27 heavy (non-hydrogen) atoms. The molecule has 5 nitrogen and oxygen atoms in total. The molecule has 0 aliphatic carbocycles. The summed E-state index contributed by atoms with van der Waals surface area (Å²) in [4.78, 5) is 19.3. The summed E-state index contributed by atoms with van der Waals surface area (Å²) in [5.41, 5.74) is 1.88. The number of aliphatic hydroxyl groups is 1. The fourth-order valence-corrected chi connectivity index (χ4v) is 5.04. The topological polar surface area (TPSA) is 65.5 Å². The molecule has 3 aromatic rings. The molecule has 1 fully saturated rings. The Morgan fingerprint density at radius 3 is 2.74 bits per heavy atom. The predicted molar refractivity (Wildman–Crippen MR) is 109 cm³/mol. The first kappa shape index (κ1) is 17.9. The molecule has 0 saturated carbocycles. The van der Waals surface area contributed by atoms with Crippen LogP contribution in [0.25, 0.3) is 10.1 Å². The van der Waals surface area contributed by atoms with E-state index >= 15 is 0 Å². The average Bonchev–Trinajstić information content (AvgIpc) is 3.05. The maximum atomic E-state index is 12.4. The number of hydrogen-bond acceptors (Lipinski definition) is 4. The predicted octanol–water partition coefficient (Wildman–Crippen LogP) is 4.58. The first-order valence-electron chi connectivity index (χ1n) is 9.25. The summed E-state index contributed by atoms with van der Waals surface area (Å²) in [6.07, 6.45) is 4.45. The number of pyridine rings is 1. The zero-order chi connectivity index (χ0) is 18.8. The largest absolute Gasteiger partial charge is 0.387 e. The van der Waals surface area contributed by atoms with E-state index in [-0.39, 0.29) is 11.9 Å². The van der Waals surface area contributed by atoms with Crippen molar-refractivity contribution >= 4 is 33.1 Å². The van der Waals surface area contributed by atoms with E-state index < -0.39 is 6.10 Å². The summed E-state index contributed by atoms with van der Waals surface area (Å²) in [7, 11) is 0. The van der Waals surface area contributed by atoms with Gasteiger partial charge in [0.1, 0.15) is 0 Å². The van der Waals surface area contributed by atoms with Crippen LogP contribution in [0.2, 0.25) is 0 Å². The van der Waals surface area contributed by atoms with Gasteiger partial charge in [-0.25, -0.2) is 4.79 Å². The molecule has 2 N–H and O–H groups in total. The van der Waals surface area contributed by atoms with E-state index in [1.807, 2.05) is 23.1 Å². The molecule has 1 saturated heterocycles. The summed E-state index contributed by atoms with van der Waals surface area (Å²) < 4.78 is 1.22. The number of aliphatic hydroxyl groups excluding tert-OH is 1. The maximum Gasteiger partial charge on any atom is 0.321 e. The van der Waals surface area contributed by atoms with E-state index in [0.717, 1.165) is 17.7 Å². The van der Waals surface area contributed by atoms with Crippen LogP contribution in [0.3, 0.4) is 0 Å². The number of carbonyl (C=O) groups is 1. The molecule has 1 unspecified atom stereocenters. The lowest BCUT2D eigenvalue weighted by molar-refractivity contribution is 0.0705. The summed E-state index contributed by atoms with van der Waals surface area (Å²) >= 11 is 1.68. The highest BCUT2D eigenvalue weighted by atomic mass is 32.1. The van der Waals surface area contributed by atoms with Crippen LogP contribution in [-0.4, -0.2) is 34.1 Å². The minimum Gasteiger partial charge on any atom is -0.387 e. The van der Waals surface area contributed by atoms with E-state index in [1.165, 1.54) is 15.6 Å². The minimum atomic E-state index is -0.467. The molecule has 0 spiro atoms. The standard InChI is InChI=1S/C21H23N3O2S/c1-14-17-6-2-3-7-18(17)27-20(14)19(25)15-8-11-24(12-9-15)21(26)23-16-5-4-10-22-13-16/h2-7,10,13,15,19,25H,8-9,11-12H2,1H3,(H,23,26). The van der Waals surface area contributed by atoms with Gasteiger partial charge in [0.05, 0.1) is 18.0 Å². The van der Waals surface area contributed by atoms with E-state index in [1.54, 1.807) is 29.8 Å². The second-order valence-electron chi connectivity index (χ2n) is 7.03. The van der Waals surface area contributed by atoms with Gasteiger partial charge in [-0.1, -0.05) is 18.2 Å². The summed E-state index contributed by atoms with van der Waals surface area (Å²) in [5, 5.41) is 15.1. The number of rotatable bonds is 3. The summed E-state index contributed by atoms with van der Waals surface area (Å²) in [6, 6.07) is 11.8. The molecule has 1 aliphatic rings. The SMILES string of the molecule is Cc1c(C(O)C2CCN(C(=O)Nc3cccnc3)CC2)sc2ccccc12. The second kappa shape index (κ2) is 7.66. The van der Waals surface area contributed by atoms with Gasteiger partial charge < -0.3 is 15.3 Å². The molecule has 140 valence electrons. The van der Waals surface area contributed by atoms with Crippen molar-refractivity contribution in [3.05, 3.63) is 59.2 Å². The van der Waals surface area contributed by atoms with Gasteiger partial charge in [-0.2, -0.15) is 0 Å². The normalized spacial score (nSPS) is 16.4. The Kier molecular flexibility index (Phi) is 5.09. The summed E-state index contributed by atoms with van der Waals surface area (Å²) in [5.74, 6) is 0.180. The Morgan fingerprint density at radius 2 is 2.04 bits per heavy atom. The van der Waals surface area contributed by atoms with Crippen LogP contribution in [0.15, 0.2) is 48.8 Å². The molecular formula is C21H23N3O2S. The number of anilines is 1. The molecule has 6 heteroatoms. The smallest absolute Gasteiger partial charge is 0.321 e. The minimum absolute atomic E-state index is 0.103. The van der Waals surface area contributed by atoms with Crippen molar-refractivity contribution in [1.29, 1.82) is 0 Å². The Hall–Kier alpha value is -2.44. The van der Waals surface area contributed by atoms with Gasteiger partial charge in [0.15, 0.2) is 0 Å². The number of aromatic nitrogens is 1. The lowest BCUT2D eigenvalue weighted by Gasteiger charge is -2.34. The molecule has 1 aromatic carbocycles. The average molecular weight is 382 g/mol. The van der Waals surface area contributed by atoms with Gasteiger partial charge >= 0.3 is 6.03 Å². The van der Waals surface area contributed by atoms with Crippen molar-refractivity contribution in [2.24, 2.45) is 5.92 Å². The van der Waals surface area contributed by atoms with Gasteiger partial charge in [-0.05, 0) is 54.8 Å². The third-order valence-corrected chi connectivity index (χ3v) is 6.68. The van der Waals surface area contributed by atoms with E-state index in [4.69, 9.17) is 0 Å². The van der Waals surface area contributed by atoms with Gasteiger partial charge in [0, 0.05) is 28.9 Å². The highest BCUT2D eigenvalue weighted by molar-refractivity contribution is 7.19. The Bertz CT molecular complexity index is 933. The highest BCUT2D eigenvalue weighted by Gasteiger charge is 2.30. The van der Waals surface area contributed by atoms with Crippen molar-refractivity contribution in [3.8, 4) is 0 Å². The van der Waals surface area contributed by atoms with Gasteiger partial charge in [0.2, 0.25) is 0 Å². The van der Waals surface area contributed by atoms with Crippen LogP contribution >= 0.6 is 11.3 Å². The number of amides is 2. The third kappa shape index (κ3) is 3.68. The van der Waals surface area contributed by atoms with Crippen molar-refractivity contribution < 1.29 is 9.90 Å². The number of nitrogens with zero attached hydrogens (tertiary/aromatic N) is 2. The molecule has 2 amide bonds. The van der Waals surface area contributed by atoms with Gasteiger partial charge in [-0.15, -0.1) is 11.3 Å². The van der Waals surface area contributed by atoms with Crippen LogP contribution in [0.5, 0.6) is 0 Å². The lowest BCUT2D eigenvalue weighted by Crippen LogP contribution is -2.42. The zero-order valence-corrected chi connectivity index (χ0v) is 16.1. The van der Waals surface area contributed by atoms with Crippen molar-refractivity contribution in [3.63, 3.8) is 0 Å². The molecule has 0 bridgehead atoms. The number of hydrogen-bond donors (Lipinski definition) is 2. The number of fused-ring (bicyclic) bond motifs is 1. The highest BCUT2D eigenvalue weighted by Crippen LogP contribution is 2.40. The first-order valence-corrected chi connectivity index (χ1v) is 10.1. The van der Waals surface area contributed by atoms with Crippen LogP contribution in [0.1, 0.15) is 29.4 Å². The van der Waals surface area contributed by atoms with E-state index in [0.29, 0.717) is 18.8 Å². The maximum absolute atomic E-state index is 12.4. The lowest BCUT2D eigenvalue weighted by atomic mass is 9.89. The number of thiophene rings is 1. The van der Waals surface area contributed by atoms with Gasteiger partial charge in [-0.3, -0.25) is 4.98 Å². The number of carbonyl (C=O) groups excluding carboxylic acids is 1. The molecule has 0 radical (unpaired) electrons. The Balaban J connectivity index is 1.39. The third-order valence-electron chi connectivity index (χ3n) is 5.34. The summed E-state index contributed by atoms with van der Waals surface area (Å²) in [6.45, 7) is 3.39. The molecule has 2 aromatic heterocycles. The van der Waals surface area contributed by atoms with E-state index in [2.05, 4.69) is 29.4 Å². The van der Waals surface area contributed by atoms with Crippen LogP contribution < -0.4 is 5.32 Å². The number of nitrogens with one attached hydrogen (secondary N) is 1. The monoisotopic (exact) mass is 381 g/mol. The van der Waals surface area contributed by atoms with Gasteiger partial charge in [0.25, 0.3) is 0 Å². The van der Waals surface area contributed by atoms with Crippen LogP contribution in [0, 0.1) is 12.8 Å². The fourth-order valence-electron chi connectivity index (χ4n) is 3.75. The first-order chi connectivity index (χ1) is 13.1. The molecule has 4 rings (SSSR count). The number of benzene rings is 1. The number of aryl methyl sites for hydroxylation is 1. The van der Waals surface area contributed by atoms with Crippen LogP contribution in [-0.2, 0) is 0 Å².